The van der Waals surface area contributed by atoms with Crippen LogP contribution in [0, 0.1) is 34.5 Å². The summed E-state index contributed by atoms with van der Waals surface area (Å²) in [5, 5.41) is 0. The summed E-state index contributed by atoms with van der Waals surface area (Å²) in [5.41, 5.74) is 0.769. The number of esters is 1. The van der Waals surface area contributed by atoms with Crippen LogP contribution in [0.15, 0.2) is 36.0 Å². The maximum absolute atomic E-state index is 13.0. The fraction of sp³-hybridized carbons (Fsp3) is 0.625. The molecule has 5 nitrogen and oxygen atoms in total. The predicted molar refractivity (Wildman–Crippen MR) is 108 cm³/mol. The molecule has 2 fully saturated rings. The second-order valence-corrected chi connectivity index (χ2v) is 9.55. The number of allylic oxidation sites excluding steroid dienone is 6. The molecule has 4 aliphatic rings. The first-order valence-corrected chi connectivity index (χ1v) is 10.5. The zero-order valence-electron chi connectivity index (χ0n) is 17.6. The Kier molecular flexibility index (Phi) is 4.93. The summed E-state index contributed by atoms with van der Waals surface area (Å²) in [6.07, 6.45) is 12.5. The van der Waals surface area contributed by atoms with Crippen LogP contribution in [0.25, 0.3) is 0 Å². The number of carbonyl (C=O) groups excluding carboxylic acids is 3. The molecule has 4 rings (SSSR count). The monoisotopic (exact) mass is 398 g/mol. The van der Waals surface area contributed by atoms with Crippen LogP contribution in [0.4, 0.5) is 0 Å². The van der Waals surface area contributed by atoms with Crippen molar-refractivity contribution in [3.63, 3.8) is 0 Å². The minimum absolute atomic E-state index is 0.0368. The number of hydrogen-bond donors (Lipinski definition) is 0. The van der Waals surface area contributed by atoms with Crippen molar-refractivity contribution < 1.29 is 23.9 Å². The molecule has 1 unspecified atom stereocenters. The second-order valence-electron chi connectivity index (χ2n) is 9.55. The molecular weight excluding hydrogens is 368 g/mol. The standard InChI is InChI=1S/C24H30O5/c1-14(25)29-13-20(27)22-21(28-4)12-19-17-6-5-15-11-16(26)7-9-23(15,2)18(17)8-10-24(19,22)3/h5-7,9,11,17-19,21-22H,8,10,12-13H2,1-4H3/t17-,18+,19+,21?,22+,23+,24+/m1/s1. The van der Waals surface area contributed by atoms with Crippen LogP contribution in [0.5, 0.6) is 0 Å². The van der Waals surface area contributed by atoms with Gasteiger partial charge in [0.25, 0.3) is 0 Å². The Balaban J connectivity index is 1.66. The lowest BCUT2D eigenvalue weighted by atomic mass is 9.49. The number of fused-ring (bicyclic) bond motifs is 5. The van der Waals surface area contributed by atoms with E-state index in [1.807, 2.05) is 0 Å². The van der Waals surface area contributed by atoms with Crippen LogP contribution in [-0.4, -0.2) is 37.4 Å². The largest absolute Gasteiger partial charge is 0.458 e. The summed E-state index contributed by atoms with van der Waals surface area (Å²) in [6, 6.07) is 0. The number of ketones is 2. The Morgan fingerprint density at radius 2 is 1.97 bits per heavy atom. The van der Waals surface area contributed by atoms with Crippen molar-refractivity contribution in [2.24, 2.45) is 34.5 Å². The van der Waals surface area contributed by atoms with Crippen molar-refractivity contribution in [1.82, 2.24) is 0 Å². The van der Waals surface area contributed by atoms with Gasteiger partial charge in [-0.2, -0.15) is 0 Å². The first-order chi connectivity index (χ1) is 13.7. The van der Waals surface area contributed by atoms with Gasteiger partial charge in [-0.15, -0.1) is 0 Å². The Morgan fingerprint density at radius 1 is 1.21 bits per heavy atom. The van der Waals surface area contributed by atoms with Gasteiger partial charge >= 0.3 is 5.97 Å². The van der Waals surface area contributed by atoms with Crippen molar-refractivity contribution in [3.05, 3.63) is 36.0 Å². The average Bonchev–Trinajstić information content (AvgIpc) is 2.99. The highest BCUT2D eigenvalue weighted by atomic mass is 16.5. The fourth-order valence-corrected chi connectivity index (χ4v) is 6.71. The van der Waals surface area contributed by atoms with Crippen LogP contribution < -0.4 is 0 Å². The van der Waals surface area contributed by atoms with Gasteiger partial charge in [-0.1, -0.05) is 32.1 Å². The fourth-order valence-electron chi connectivity index (χ4n) is 6.71. The van der Waals surface area contributed by atoms with E-state index in [0.717, 1.165) is 24.8 Å². The maximum atomic E-state index is 13.0. The van der Waals surface area contributed by atoms with Gasteiger partial charge < -0.3 is 9.47 Å². The molecule has 2 saturated carbocycles. The summed E-state index contributed by atoms with van der Waals surface area (Å²) >= 11 is 0. The molecule has 7 atom stereocenters. The highest BCUT2D eigenvalue weighted by molar-refractivity contribution is 6.01. The molecule has 0 radical (unpaired) electrons. The van der Waals surface area contributed by atoms with E-state index in [9.17, 15) is 14.4 Å². The average molecular weight is 398 g/mol. The normalized spacial score (nSPS) is 42.6. The molecule has 4 aliphatic carbocycles. The Bertz CT molecular complexity index is 836. The van der Waals surface area contributed by atoms with E-state index in [2.05, 4.69) is 32.1 Å². The molecular formula is C24H30O5. The molecule has 5 heteroatoms. The van der Waals surface area contributed by atoms with Gasteiger partial charge in [0.1, 0.15) is 6.61 Å². The highest BCUT2D eigenvalue weighted by Gasteiger charge is 2.62. The van der Waals surface area contributed by atoms with Gasteiger partial charge in [-0.05, 0) is 60.2 Å². The SMILES string of the molecule is COC1C[C@H]2[C@@H]3C=CC4=CC(=O)C=C[C@]4(C)[C@H]3CC[C@]2(C)[C@H]1C(=O)COC(C)=O. The molecule has 0 amide bonds. The van der Waals surface area contributed by atoms with Gasteiger partial charge in [0.2, 0.25) is 0 Å². The van der Waals surface area contributed by atoms with Gasteiger partial charge in [-0.25, -0.2) is 0 Å². The van der Waals surface area contributed by atoms with Crippen molar-refractivity contribution >= 4 is 17.5 Å². The lowest BCUT2D eigenvalue weighted by molar-refractivity contribution is -0.150. The van der Waals surface area contributed by atoms with Gasteiger partial charge in [-0.3, -0.25) is 14.4 Å². The van der Waals surface area contributed by atoms with Crippen molar-refractivity contribution in [2.45, 2.75) is 46.1 Å². The van der Waals surface area contributed by atoms with E-state index < -0.39 is 5.97 Å². The molecule has 0 saturated heterocycles. The molecule has 156 valence electrons. The quantitative estimate of drug-likeness (QED) is 0.679. The number of hydrogen-bond acceptors (Lipinski definition) is 5. The summed E-state index contributed by atoms with van der Waals surface area (Å²) in [4.78, 5) is 36.1. The minimum atomic E-state index is -0.434. The van der Waals surface area contributed by atoms with E-state index in [1.54, 1.807) is 19.3 Å². The van der Waals surface area contributed by atoms with E-state index >= 15 is 0 Å². The summed E-state index contributed by atoms with van der Waals surface area (Å²) < 4.78 is 10.8. The third kappa shape index (κ3) is 3.05. The second kappa shape index (κ2) is 7.05. The van der Waals surface area contributed by atoms with Crippen LogP contribution in [-0.2, 0) is 23.9 Å². The first-order valence-electron chi connectivity index (χ1n) is 10.5. The van der Waals surface area contributed by atoms with Crippen LogP contribution in [0.1, 0.15) is 40.0 Å². The van der Waals surface area contributed by atoms with E-state index in [1.165, 1.54) is 6.92 Å². The van der Waals surface area contributed by atoms with Crippen LogP contribution in [0.2, 0.25) is 0 Å². The number of rotatable bonds is 4. The third-order valence-corrected chi connectivity index (χ3v) is 8.19. The Labute approximate surface area is 172 Å². The number of ether oxygens (including phenoxy) is 2. The van der Waals surface area contributed by atoms with Crippen molar-refractivity contribution in [1.29, 1.82) is 0 Å². The summed E-state index contributed by atoms with van der Waals surface area (Å²) in [6.45, 7) is 5.59. The van der Waals surface area contributed by atoms with Gasteiger partial charge in [0.05, 0.1) is 12.0 Å². The summed E-state index contributed by atoms with van der Waals surface area (Å²) in [5.74, 6) is 0.371. The smallest absolute Gasteiger partial charge is 0.303 e. The molecule has 0 spiro atoms. The number of Topliss-reactive ketones (excluding diaryl/α,β-unsaturated/α-hetero) is 1. The molecule has 0 aromatic rings. The van der Waals surface area contributed by atoms with Crippen LogP contribution >= 0.6 is 0 Å². The summed E-state index contributed by atoms with van der Waals surface area (Å²) in [7, 11) is 1.67. The van der Waals surface area contributed by atoms with E-state index in [4.69, 9.17) is 9.47 Å². The third-order valence-electron chi connectivity index (χ3n) is 8.19. The molecule has 0 heterocycles. The predicted octanol–water partition coefficient (Wildman–Crippen LogP) is 3.44. The lowest BCUT2D eigenvalue weighted by Gasteiger charge is -2.54. The Hall–Kier alpha value is -2.01. The topological polar surface area (TPSA) is 69.7 Å². The van der Waals surface area contributed by atoms with Gasteiger partial charge in [0.15, 0.2) is 11.6 Å². The van der Waals surface area contributed by atoms with E-state index in [0.29, 0.717) is 17.8 Å². The highest BCUT2D eigenvalue weighted by Crippen LogP contribution is 2.64. The Morgan fingerprint density at radius 3 is 2.66 bits per heavy atom. The molecule has 0 bridgehead atoms. The number of methoxy groups -OCH3 is 1. The minimum Gasteiger partial charge on any atom is -0.458 e. The molecule has 0 aromatic heterocycles. The maximum Gasteiger partial charge on any atom is 0.303 e. The molecule has 0 aliphatic heterocycles. The zero-order chi connectivity index (χ0) is 21.0. The molecule has 0 N–H and O–H groups in total. The van der Waals surface area contributed by atoms with Gasteiger partial charge in [0, 0.05) is 19.4 Å². The van der Waals surface area contributed by atoms with E-state index in [-0.39, 0.29) is 41.0 Å². The number of carbonyl (C=O) groups is 3. The zero-order valence-corrected chi connectivity index (χ0v) is 17.6. The molecule has 0 aromatic carbocycles. The van der Waals surface area contributed by atoms with Crippen LogP contribution in [0.3, 0.4) is 0 Å². The first kappa shape index (κ1) is 20.3. The van der Waals surface area contributed by atoms with Crippen molar-refractivity contribution in [3.8, 4) is 0 Å². The van der Waals surface area contributed by atoms with Crippen molar-refractivity contribution in [2.75, 3.05) is 13.7 Å². The molecule has 29 heavy (non-hydrogen) atoms. The lowest BCUT2D eigenvalue weighted by Crippen LogP contribution is -2.49.